The number of aryl methyl sites for hydroxylation is 2. The molecule has 0 spiro atoms. The summed E-state index contributed by atoms with van der Waals surface area (Å²) in [5.74, 6) is 2.01. The first-order valence-corrected chi connectivity index (χ1v) is 8.50. The number of hydrogen-bond acceptors (Lipinski definition) is 6. The molecule has 0 aliphatic carbocycles. The van der Waals surface area contributed by atoms with Crippen LogP contribution in [0.25, 0.3) is 0 Å². The van der Waals surface area contributed by atoms with Gasteiger partial charge in [0.25, 0.3) is 0 Å². The monoisotopic (exact) mass is 341 g/mol. The molecule has 3 heterocycles. The fourth-order valence-corrected chi connectivity index (χ4v) is 3.10. The second kappa shape index (κ2) is 7.57. The Bertz CT molecular complexity index is 765. The molecule has 3 rings (SSSR count). The van der Waals surface area contributed by atoms with Crippen molar-refractivity contribution >= 4 is 17.5 Å². The summed E-state index contributed by atoms with van der Waals surface area (Å²) < 4.78 is 0. The predicted octanol–water partition coefficient (Wildman–Crippen LogP) is 1.93. The molecule has 1 aliphatic rings. The van der Waals surface area contributed by atoms with E-state index in [-0.39, 0.29) is 11.8 Å². The lowest BCUT2D eigenvalue weighted by Crippen LogP contribution is -2.41. The Kier molecular flexibility index (Phi) is 5.23. The van der Waals surface area contributed by atoms with Gasteiger partial charge in [0.05, 0.1) is 0 Å². The Hall–Kier alpha value is -2.54. The number of hydrogen-bond donors (Lipinski definition) is 2. The van der Waals surface area contributed by atoms with Gasteiger partial charge in [0.15, 0.2) is 0 Å². The Morgan fingerprint density at radius 1 is 1.24 bits per heavy atom. The average molecular weight is 341 g/mol. The lowest BCUT2D eigenvalue weighted by molar-refractivity contribution is -0.135. The van der Waals surface area contributed by atoms with E-state index < -0.39 is 6.61 Å². The van der Waals surface area contributed by atoms with Crippen molar-refractivity contribution < 1.29 is 9.90 Å². The van der Waals surface area contributed by atoms with Gasteiger partial charge in [-0.25, -0.2) is 15.0 Å². The van der Waals surface area contributed by atoms with Crippen LogP contribution in [0.1, 0.15) is 36.0 Å². The fourth-order valence-electron chi connectivity index (χ4n) is 3.10. The number of aliphatic hydroxyl groups is 1. The predicted molar refractivity (Wildman–Crippen MR) is 94.7 cm³/mol. The van der Waals surface area contributed by atoms with E-state index in [0.717, 1.165) is 35.9 Å². The summed E-state index contributed by atoms with van der Waals surface area (Å²) in [6, 6.07) is 7.66. The van der Waals surface area contributed by atoms with Gasteiger partial charge in [-0.3, -0.25) is 4.79 Å². The maximum atomic E-state index is 11.8. The van der Waals surface area contributed by atoms with Crippen LogP contribution in [-0.4, -0.2) is 50.6 Å². The zero-order valence-corrected chi connectivity index (χ0v) is 14.6. The van der Waals surface area contributed by atoms with E-state index >= 15 is 0 Å². The van der Waals surface area contributed by atoms with Gasteiger partial charge < -0.3 is 15.3 Å². The number of rotatable bonds is 4. The second-order valence-electron chi connectivity index (χ2n) is 6.38. The smallest absolute Gasteiger partial charge is 0.248 e. The van der Waals surface area contributed by atoms with E-state index in [4.69, 9.17) is 5.11 Å². The van der Waals surface area contributed by atoms with E-state index in [1.807, 2.05) is 38.1 Å². The number of nitrogens with zero attached hydrogens (tertiary/aromatic N) is 4. The van der Waals surface area contributed by atoms with Crippen LogP contribution >= 0.6 is 0 Å². The summed E-state index contributed by atoms with van der Waals surface area (Å²) >= 11 is 0. The number of amides is 1. The summed E-state index contributed by atoms with van der Waals surface area (Å²) in [4.78, 5) is 27.1. The van der Waals surface area contributed by atoms with Crippen LogP contribution in [0.2, 0.25) is 0 Å². The fraction of sp³-hybridized carbons (Fsp3) is 0.444. The van der Waals surface area contributed by atoms with Crippen molar-refractivity contribution in [3.05, 3.63) is 41.5 Å². The van der Waals surface area contributed by atoms with Crippen LogP contribution in [0.3, 0.4) is 0 Å². The molecule has 2 N–H and O–H groups in total. The third kappa shape index (κ3) is 4.30. The van der Waals surface area contributed by atoms with Gasteiger partial charge in [0.1, 0.15) is 24.1 Å². The minimum atomic E-state index is -0.451. The van der Waals surface area contributed by atoms with Crippen molar-refractivity contribution in [3.63, 3.8) is 0 Å². The van der Waals surface area contributed by atoms with Crippen molar-refractivity contribution in [2.45, 2.75) is 32.6 Å². The molecule has 7 nitrogen and oxygen atoms in total. The zero-order valence-electron chi connectivity index (χ0n) is 14.6. The number of aromatic nitrogens is 3. The van der Waals surface area contributed by atoms with Crippen molar-refractivity contribution in [2.75, 3.05) is 25.0 Å². The number of nitrogens with one attached hydrogen (secondary N) is 1. The lowest BCUT2D eigenvalue weighted by Gasteiger charge is -2.31. The highest BCUT2D eigenvalue weighted by molar-refractivity contribution is 5.77. The molecule has 0 bridgehead atoms. The van der Waals surface area contributed by atoms with Crippen LogP contribution < -0.4 is 5.32 Å². The highest BCUT2D eigenvalue weighted by Crippen LogP contribution is 2.26. The molecule has 1 fully saturated rings. The summed E-state index contributed by atoms with van der Waals surface area (Å²) in [5, 5.41) is 12.3. The van der Waals surface area contributed by atoms with Gasteiger partial charge >= 0.3 is 0 Å². The number of likely N-dealkylation sites (tertiary alicyclic amines) is 1. The van der Waals surface area contributed by atoms with Gasteiger partial charge in [0.2, 0.25) is 5.91 Å². The Morgan fingerprint density at radius 3 is 2.84 bits per heavy atom. The number of carbonyl (C=O) groups is 1. The maximum absolute atomic E-state index is 11.8. The topological polar surface area (TPSA) is 91.2 Å². The largest absolute Gasteiger partial charge is 0.387 e. The van der Waals surface area contributed by atoms with E-state index in [2.05, 4.69) is 20.3 Å². The number of carbonyl (C=O) groups excluding carboxylic acids is 1. The average Bonchev–Trinajstić information content (AvgIpc) is 2.60. The first-order valence-electron chi connectivity index (χ1n) is 8.50. The quantitative estimate of drug-likeness (QED) is 0.883. The molecular formula is C18H23N5O2. The first-order chi connectivity index (χ1) is 12.0. The third-order valence-electron chi connectivity index (χ3n) is 4.29. The highest BCUT2D eigenvalue weighted by Gasteiger charge is 2.26. The van der Waals surface area contributed by atoms with E-state index in [1.165, 1.54) is 0 Å². The van der Waals surface area contributed by atoms with Crippen LogP contribution in [0.4, 0.5) is 11.6 Å². The van der Waals surface area contributed by atoms with Crippen LogP contribution in [-0.2, 0) is 4.79 Å². The number of pyridine rings is 1. The molecule has 1 saturated heterocycles. The molecule has 0 saturated carbocycles. The normalized spacial score (nSPS) is 17.4. The molecular weight excluding hydrogens is 318 g/mol. The minimum Gasteiger partial charge on any atom is -0.387 e. The summed E-state index contributed by atoms with van der Waals surface area (Å²) in [6.45, 7) is 4.65. The van der Waals surface area contributed by atoms with Crippen LogP contribution in [0, 0.1) is 13.8 Å². The van der Waals surface area contributed by atoms with Crippen molar-refractivity contribution in [2.24, 2.45) is 0 Å². The molecule has 2 aromatic rings. The Morgan fingerprint density at radius 2 is 2.08 bits per heavy atom. The molecule has 7 heteroatoms. The minimum absolute atomic E-state index is 0.0789. The molecule has 1 aliphatic heterocycles. The number of piperidine rings is 1. The SMILES string of the molecule is Cc1cccc(Nc2cc(C)nc([C@H]3CCCN(C(=O)CO)C3)n2)n1. The molecule has 1 amide bonds. The number of anilines is 2. The second-order valence-corrected chi connectivity index (χ2v) is 6.38. The third-order valence-corrected chi connectivity index (χ3v) is 4.29. The summed E-state index contributed by atoms with van der Waals surface area (Å²) in [7, 11) is 0. The molecule has 1 atom stereocenters. The van der Waals surface area contributed by atoms with Crippen LogP contribution in [0.5, 0.6) is 0 Å². The first kappa shape index (κ1) is 17.3. The number of aliphatic hydroxyl groups excluding tert-OH is 1. The maximum Gasteiger partial charge on any atom is 0.248 e. The summed E-state index contributed by atoms with van der Waals surface area (Å²) in [6.07, 6.45) is 1.82. The van der Waals surface area contributed by atoms with Gasteiger partial charge in [-0.15, -0.1) is 0 Å². The standard InChI is InChI=1S/C18H23N5O2/c1-12-5-3-7-15(19-12)21-16-9-13(2)20-18(22-16)14-6-4-8-23(10-14)17(25)11-24/h3,5,7,9,14,24H,4,6,8,10-11H2,1-2H3,(H,19,20,21,22)/t14-/m0/s1. The van der Waals surface area contributed by atoms with E-state index in [1.54, 1.807) is 4.90 Å². The highest BCUT2D eigenvalue weighted by atomic mass is 16.3. The van der Waals surface area contributed by atoms with Gasteiger partial charge in [-0.1, -0.05) is 6.07 Å². The van der Waals surface area contributed by atoms with Crippen LogP contribution in [0.15, 0.2) is 24.3 Å². The molecule has 0 unspecified atom stereocenters. The summed E-state index contributed by atoms with van der Waals surface area (Å²) in [5.41, 5.74) is 1.80. The molecule has 0 radical (unpaired) electrons. The Labute approximate surface area is 147 Å². The molecule has 0 aromatic carbocycles. The molecule has 132 valence electrons. The molecule has 25 heavy (non-hydrogen) atoms. The van der Waals surface area contributed by atoms with Gasteiger partial charge in [-0.2, -0.15) is 0 Å². The van der Waals surface area contributed by atoms with Gasteiger partial charge in [-0.05, 0) is 38.8 Å². The van der Waals surface area contributed by atoms with E-state index in [9.17, 15) is 4.79 Å². The Balaban J connectivity index is 1.80. The lowest BCUT2D eigenvalue weighted by atomic mass is 9.97. The molecule has 2 aromatic heterocycles. The van der Waals surface area contributed by atoms with E-state index in [0.29, 0.717) is 18.9 Å². The van der Waals surface area contributed by atoms with Gasteiger partial charge in [0, 0.05) is 36.5 Å². The zero-order chi connectivity index (χ0) is 17.8. The van der Waals surface area contributed by atoms with Crippen molar-refractivity contribution in [1.82, 2.24) is 19.9 Å². The van der Waals surface area contributed by atoms with Crippen molar-refractivity contribution in [3.8, 4) is 0 Å². The van der Waals surface area contributed by atoms with Crippen molar-refractivity contribution in [1.29, 1.82) is 0 Å².